The summed E-state index contributed by atoms with van der Waals surface area (Å²) in [5, 5.41) is 0. The predicted molar refractivity (Wildman–Crippen MR) is 73.6 cm³/mol. The van der Waals surface area contributed by atoms with E-state index in [1.54, 1.807) is 0 Å². The van der Waals surface area contributed by atoms with E-state index >= 15 is 0 Å². The van der Waals surface area contributed by atoms with E-state index < -0.39 is 0 Å². The van der Waals surface area contributed by atoms with Crippen LogP contribution < -0.4 is 0 Å². The van der Waals surface area contributed by atoms with Gasteiger partial charge in [0.1, 0.15) is 0 Å². The average Bonchev–Trinajstić information content (AvgIpc) is 2.37. The third-order valence-corrected chi connectivity index (χ3v) is 4.80. The Labute approximate surface area is 110 Å². The average molecular weight is 245 g/mol. The fourth-order valence-corrected chi connectivity index (χ4v) is 3.56. The third kappa shape index (κ3) is 2.08. The van der Waals surface area contributed by atoms with Crippen LogP contribution in [0.3, 0.4) is 0 Å². The van der Waals surface area contributed by atoms with Gasteiger partial charge < -0.3 is 4.74 Å². The van der Waals surface area contributed by atoms with Crippen LogP contribution in [-0.4, -0.2) is 29.7 Å². The molecule has 0 bridgehead atoms. The zero-order valence-electron chi connectivity index (χ0n) is 11.4. The van der Waals surface area contributed by atoms with Crippen molar-refractivity contribution >= 4 is 0 Å². The number of hydrogen-bond donors (Lipinski definition) is 0. The van der Waals surface area contributed by atoms with Crippen molar-refractivity contribution in [2.24, 2.45) is 0 Å². The van der Waals surface area contributed by atoms with Crippen LogP contribution >= 0.6 is 0 Å². The van der Waals surface area contributed by atoms with Gasteiger partial charge in [0.25, 0.3) is 0 Å². The molecule has 2 fully saturated rings. The minimum absolute atomic E-state index is 0.242. The van der Waals surface area contributed by atoms with Crippen molar-refractivity contribution < 1.29 is 4.74 Å². The van der Waals surface area contributed by atoms with E-state index in [1.807, 2.05) is 0 Å². The first kappa shape index (κ1) is 12.2. The van der Waals surface area contributed by atoms with Crippen LogP contribution in [0, 0.1) is 0 Å². The van der Waals surface area contributed by atoms with Crippen LogP contribution in [0.15, 0.2) is 30.3 Å². The summed E-state index contributed by atoms with van der Waals surface area (Å²) in [4.78, 5) is 2.63. The van der Waals surface area contributed by atoms with E-state index in [4.69, 9.17) is 4.74 Å². The Kier molecular flexibility index (Phi) is 3.16. The number of nitrogens with zero attached hydrogens (tertiary/aromatic N) is 1. The monoisotopic (exact) mass is 245 g/mol. The summed E-state index contributed by atoms with van der Waals surface area (Å²) in [7, 11) is 0. The maximum atomic E-state index is 5.84. The van der Waals surface area contributed by atoms with E-state index in [9.17, 15) is 0 Å². The second-order valence-corrected chi connectivity index (χ2v) is 5.91. The van der Waals surface area contributed by atoms with E-state index in [0.717, 1.165) is 13.2 Å². The molecule has 98 valence electrons. The Bertz CT molecular complexity index is 399. The summed E-state index contributed by atoms with van der Waals surface area (Å²) in [5.74, 6) is 0. The number of likely N-dealkylation sites (tertiary alicyclic amines) is 1. The molecule has 0 aliphatic carbocycles. The second kappa shape index (κ2) is 4.67. The molecule has 0 aromatic heterocycles. The van der Waals surface area contributed by atoms with Gasteiger partial charge in [0.15, 0.2) is 0 Å². The van der Waals surface area contributed by atoms with Crippen molar-refractivity contribution in [2.75, 3.05) is 13.2 Å². The van der Waals surface area contributed by atoms with Crippen molar-refractivity contribution in [3.8, 4) is 0 Å². The molecule has 1 aromatic rings. The zero-order valence-corrected chi connectivity index (χ0v) is 11.4. The van der Waals surface area contributed by atoms with Crippen LogP contribution in [0.5, 0.6) is 0 Å². The molecule has 3 atom stereocenters. The minimum atomic E-state index is 0.242. The number of ether oxygens (including phenoxy) is 1. The summed E-state index contributed by atoms with van der Waals surface area (Å²) >= 11 is 0. The van der Waals surface area contributed by atoms with Gasteiger partial charge >= 0.3 is 0 Å². The summed E-state index contributed by atoms with van der Waals surface area (Å²) in [5.41, 5.74) is 1.67. The first-order chi connectivity index (χ1) is 8.70. The van der Waals surface area contributed by atoms with E-state index in [-0.39, 0.29) is 5.60 Å². The van der Waals surface area contributed by atoms with E-state index in [0.29, 0.717) is 12.1 Å². The predicted octanol–water partition coefficient (Wildman–Crippen LogP) is 3.39. The highest BCUT2D eigenvalue weighted by Crippen LogP contribution is 2.41. The molecule has 2 heterocycles. The zero-order chi connectivity index (χ0) is 12.6. The molecule has 18 heavy (non-hydrogen) atoms. The second-order valence-electron chi connectivity index (χ2n) is 5.91. The first-order valence-corrected chi connectivity index (χ1v) is 7.15. The van der Waals surface area contributed by atoms with E-state index in [1.165, 1.54) is 24.8 Å². The number of hydrogen-bond acceptors (Lipinski definition) is 2. The Balaban J connectivity index is 1.70. The molecular weight excluding hydrogens is 222 g/mol. The lowest BCUT2D eigenvalue weighted by Gasteiger charge is -2.52. The highest BCUT2D eigenvalue weighted by Gasteiger charge is 2.44. The molecule has 3 rings (SSSR count). The van der Waals surface area contributed by atoms with Crippen molar-refractivity contribution in [2.45, 2.75) is 50.8 Å². The molecule has 1 spiro atoms. The Morgan fingerprint density at radius 3 is 2.56 bits per heavy atom. The maximum Gasteiger partial charge on any atom is 0.0731 e. The van der Waals surface area contributed by atoms with Crippen LogP contribution in [0.2, 0.25) is 0 Å². The molecule has 2 aliphatic heterocycles. The normalized spacial score (nSPS) is 34.2. The van der Waals surface area contributed by atoms with Crippen molar-refractivity contribution in [3.05, 3.63) is 35.9 Å². The quantitative estimate of drug-likeness (QED) is 0.792. The van der Waals surface area contributed by atoms with Crippen molar-refractivity contribution in [1.29, 1.82) is 0 Å². The van der Waals surface area contributed by atoms with Gasteiger partial charge in [-0.25, -0.2) is 0 Å². The van der Waals surface area contributed by atoms with Crippen molar-refractivity contribution in [3.63, 3.8) is 0 Å². The lowest BCUT2D eigenvalue weighted by molar-refractivity contribution is -0.185. The molecule has 0 saturated carbocycles. The summed E-state index contributed by atoms with van der Waals surface area (Å²) in [6, 6.07) is 12.0. The van der Waals surface area contributed by atoms with Crippen LogP contribution in [0.4, 0.5) is 0 Å². The summed E-state index contributed by atoms with van der Waals surface area (Å²) in [6.45, 7) is 6.81. The largest absolute Gasteiger partial charge is 0.375 e. The summed E-state index contributed by atoms with van der Waals surface area (Å²) < 4.78 is 5.84. The molecule has 0 radical (unpaired) electrons. The van der Waals surface area contributed by atoms with Gasteiger partial charge in [0, 0.05) is 18.6 Å². The Morgan fingerprint density at radius 1 is 1.28 bits per heavy atom. The molecular formula is C16H23NO. The molecule has 2 nitrogen and oxygen atoms in total. The van der Waals surface area contributed by atoms with Gasteiger partial charge in [0.2, 0.25) is 0 Å². The number of rotatable bonds is 2. The van der Waals surface area contributed by atoms with Gasteiger partial charge in [-0.1, -0.05) is 30.3 Å². The Hall–Kier alpha value is -0.860. The molecule has 2 aliphatic rings. The SMILES string of the molecule is C[C@@H]1C[C@]2(CCO2)CCN1[C@H](C)c1ccccc1. The van der Waals surface area contributed by atoms with Crippen molar-refractivity contribution in [1.82, 2.24) is 4.90 Å². The van der Waals surface area contributed by atoms with Gasteiger partial charge in [-0.15, -0.1) is 0 Å². The van der Waals surface area contributed by atoms with Crippen LogP contribution in [0.1, 0.15) is 44.7 Å². The highest BCUT2D eigenvalue weighted by molar-refractivity contribution is 5.19. The lowest BCUT2D eigenvalue weighted by Crippen LogP contribution is -2.55. The van der Waals surface area contributed by atoms with Gasteiger partial charge in [-0.3, -0.25) is 4.90 Å². The topological polar surface area (TPSA) is 12.5 Å². The lowest BCUT2D eigenvalue weighted by atomic mass is 9.80. The molecule has 2 saturated heterocycles. The fourth-order valence-electron chi connectivity index (χ4n) is 3.56. The first-order valence-electron chi connectivity index (χ1n) is 7.15. The molecule has 0 amide bonds. The smallest absolute Gasteiger partial charge is 0.0731 e. The van der Waals surface area contributed by atoms with Gasteiger partial charge in [-0.2, -0.15) is 0 Å². The van der Waals surface area contributed by atoms with Gasteiger partial charge in [0.05, 0.1) is 12.2 Å². The van der Waals surface area contributed by atoms with Crippen LogP contribution in [0.25, 0.3) is 0 Å². The third-order valence-electron chi connectivity index (χ3n) is 4.80. The van der Waals surface area contributed by atoms with Crippen LogP contribution in [-0.2, 0) is 4.74 Å². The highest BCUT2D eigenvalue weighted by atomic mass is 16.5. The summed E-state index contributed by atoms with van der Waals surface area (Å²) in [6.07, 6.45) is 3.67. The molecule has 1 aromatic carbocycles. The number of piperidine rings is 1. The molecule has 2 heteroatoms. The van der Waals surface area contributed by atoms with E-state index in [2.05, 4.69) is 49.1 Å². The molecule has 0 unspecified atom stereocenters. The standard InChI is InChI=1S/C16H23NO/c1-13-12-16(9-11-18-16)8-10-17(13)14(2)15-6-4-3-5-7-15/h3-7,13-14H,8-12H2,1-2H3/t13-,14-,16-/m1/s1. The fraction of sp³-hybridized carbons (Fsp3) is 0.625. The minimum Gasteiger partial charge on any atom is -0.375 e. The van der Waals surface area contributed by atoms with Gasteiger partial charge in [-0.05, 0) is 38.7 Å². The molecule has 0 N–H and O–H groups in total. The number of benzene rings is 1. The maximum absolute atomic E-state index is 5.84. The Morgan fingerprint density at radius 2 is 2.00 bits per heavy atom.